The number of nitrogens with zero attached hydrogens (tertiary/aromatic N) is 2. The quantitative estimate of drug-likeness (QED) is 0.735. The molecule has 1 rings (SSSR count). The van der Waals surface area contributed by atoms with Gasteiger partial charge in [-0.05, 0) is 52.5 Å². The van der Waals surface area contributed by atoms with E-state index in [1.54, 1.807) is 0 Å². The van der Waals surface area contributed by atoms with Crippen LogP contribution in [0.4, 0.5) is 0 Å². The highest BCUT2D eigenvalue weighted by molar-refractivity contribution is 4.88. The molecule has 0 aromatic heterocycles. The van der Waals surface area contributed by atoms with E-state index in [4.69, 9.17) is 5.73 Å². The standard InChI is InChI=1S/C12H27N3/c1-5-10(8-13)12(14(2)3)11-6-7-15(4)9-11/h10-12H,5-9,13H2,1-4H3. The zero-order chi connectivity index (χ0) is 11.4. The molecule has 1 heterocycles. The van der Waals surface area contributed by atoms with E-state index < -0.39 is 0 Å². The van der Waals surface area contributed by atoms with Gasteiger partial charge in [-0.3, -0.25) is 0 Å². The van der Waals surface area contributed by atoms with Crippen LogP contribution in [0.25, 0.3) is 0 Å². The molecule has 3 nitrogen and oxygen atoms in total. The first kappa shape index (κ1) is 12.9. The van der Waals surface area contributed by atoms with Crippen molar-refractivity contribution < 1.29 is 0 Å². The number of likely N-dealkylation sites (tertiary alicyclic amines) is 1. The van der Waals surface area contributed by atoms with Gasteiger partial charge in [0.25, 0.3) is 0 Å². The molecule has 0 spiro atoms. The first-order valence-corrected chi connectivity index (χ1v) is 6.15. The highest BCUT2D eigenvalue weighted by atomic mass is 15.2. The second kappa shape index (κ2) is 5.83. The molecule has 0 radical (unpaired) electrons. The monoisotopic (exact) mass is 213 g/mol. The van der Waals surface area contributed by atoms with Crippen LogP contribution in [0, 0.1) is 11.8 Å². The fourth-order valence-electron chi connectivity index (χ4n) is 3.02. The first-order chi connectivity index (χ1) is 7.10. The maximum Gasteiger partial charge on any atom is 0.0170 e. The topological polar surface area (TPSA) is 32.5 Å². The molecule has 0 saturated carbocycles. The lowest BCUT2D eigenvalue weighted by molar-refractivity contribution is 0.142. The van der Waals surface area contributed by atoms with Crippen LogP contribution in [0.3, 0.4) is 0 Å². The average molecular weight is 213 g/mol. The van der Waals surface area contributed by atoms with E-state index in [1.807, 2.05) is 0 Å². The third kappa shape index (κ3) is 3.16. The van der Waals surface area contributed by atoms with Gasteiger partial charge in [0, 0.05) is 12.6 Å². The normalized spacial score (nSPS) is 27.2. The summed E-state index contributed by atoms with van der Waals surface area (Å²) in [6.45, 7) is 5.56. The van der Waals surface area contributed by atoms with Crippen LogP contribution < -0.4 is 5.73 Å². The van der Waals surface area contributed by atoms with Crippen molar-refractivity contribution in [3.8, 4) is 0 Å². The predicted octanol–water partition coefficient (Wildman–Crippen LogP) is 0.853. The van der Waals surface area contributed by atoms with E-state index in [2.05, 4.69) is 37.9 Å². The lowest BCUT2D eigenvalue weighted by Crippen LogP contribution is -2.45. The van der Waals surface area contributed by atoms with Gasteiger partial charge in [-0.2, -0.15) is 0 Å². The summed E-state index contributed by atoms with van der Waals surface area (Å²) in [7, 11) is 6.61. The summed E-state index contributed by atoms with van der Waals surface area (Å²) in [5.41, 5.74) is 5.88. The summed E-state index contributed by atoms with van der Waals surface area (Å²) >= 11 is 0. The number of rotatable bonds is 5. The molecule has 3 unspecified atom stereocenters. The summed E-state index contributed by atoms with van der Waals surface area (Å²) in [4.78, 5) is 4.81. The van der Waals surface area contributed by atoms with Crippen LogP contribution >= 0.6 is 0 Å². The molecule has 0 aromatic rings. The molecule has 0 amide bonds. The summed E-state index contributed by atoms with van der Waals surface area (Å²) in [6.07, 6.45) is 2.52. The maximum absolute atomic E-state index is 5.88. The molecule has 0 bridgehead atoms. The van der Waals surface area contributed by atoms with Crippen molar-refractivity contribution in [1.82, 2.24) is 9.80 Å². The minimum atomic E-state index is 0.650. The molecule has 15 heavy (non-hydrogen) atoms. The molecule has 0 aliphatic carbocycles. The van der Waals surface area contributed by atoms with Crippen LogP contribution in [0.2, 0.25) is 0 Å². The summed E-state index contributed by atoms with van der Waals surface area (Å²) in [5, 5.41) is 0. The fourth-order valence-corrected chi connectivity index (χ4v) is 3.02. The van der Waals surface area contributed by atoms with E-state index in [9.17, 15) is 0 Å². The molecule has 1 aliphatic heterocycles. The zero-order valence-electron chi connectivity index (χ0n) is 10.7. The van der Waals surface area contributed by atoms with E-state index in [1.165, 1.54) is 25.9 Å². The average Bonchev–Trinajstić information content (AvgIpc) is 2.59. The third-order valence-corrected chi connectivity index (χ3v) is 3.82. The Morgan fingerprint density at radius 3 is 2.47 bits per heavy atom. The predicted molar refractivity (Wildman–Crippen MR) is 65.9 cm³/mol. The molecule has 1 fully saturated rings. The largest absolute Gasteiger partial charge is 0.330 e. The number of hydrogen-bond donors (Lipinski definition) is 1. The van der Waals surface area contributed by atoms with Crippen LogP contribution in [0.1, 0.15) is 19.8 Å². The lowest BCUT2D eigenvalue weighted by Gasteiger charge is -2.35. The van der Waals surface area contributed by atoms with Crippen molar-refractivity contribution in [3.05, 3.63) is 0 Å². The van der Waals surface area contributed by atoms with Crippen molar-refractivity contribution >= 4 is 0 Å². The molecule has 1 saturated heterocycles. The lowest BCUT2D eigenvalue weighted by atomic mass is 9.85. The van der Waals surface area contributed by atoms with Crippen LogP contribution in [0.15, 0.2) is 0 Å². The van der Waals surface area contributed by atoms with E-state index in [0.29, 0.717) is 12.0 Å². The Kier molecular flexibility index (Phi) is 5.03. The molecule has 1 aliphatic rings. The highest BCUT2D eigenvalue weighted by Gasteiger charge is 2.33. The van der Waals surface area contributed by atoms with Crippen LogP contribution in [-0.2, 0) is 0 Å². The van der Waals surface area contributed by atoms with Gasteiger partial charge in [0.2, 0.25) is 0 Å². The molecule has 3 heteroatoms. The van der Waals surface area contributed by atoms with Crippen molar-refractivity contribution in [2.24, 2.45) is 17.6 Å². The molecule has 2 N–H and O–H groups in total. The van der Waals surface area contributed by atoms with Gasteiger partial charge in [-0.1, -0.05) is 13.3 Å². The van der Waals surface area contributed by atoms with Crippen molar-refractivity contribution in [1.29, 1.82) is 0 Å². The molecule has 3 atom stereocenters. The summed E-state index contributed by atoms with van der Waals surface area (Å²) in [6, 6.07) is 0.657. The minimum absolute atomic E-state index is 0.650. The Labute approximate surface area is 94.6 Å². The van der Waals surface area contributed by atoms with E-state index in [0.717, 1.165) is 12.5 Å². The Morgan fingerprint density at radius 1 is 1.47 bits per heavy atom. The Balaban J connectivity index is 2.64. The van der Waals surface area contributed by atoms with Gasteiger partial charge in [0.15, 0.2) is 0 Å². The fraction of sp³-hybridized carbons (Fsp3) is 1.00. The second-order valence-electron chi connectivity index (χ2n) is 5.17. The third-order valence-electron chi connectivity index (χ3n) is 3.82. The van der Waals surface area contributed by atoms with Gasteiger partial charge < -0.3 is 15.5 Å². The van der Waals surface area contributed by atoms with E-state index in [-0.39, 0.29) is 0 Å². The molecular weight excluding hydrogens is 186 g/mol. The highest BCUT2D eigenvalue weighted by Crippen LogP contribution is 2.27. The van der Waals surface area contributed by atoms with Crippen molar-refractivity contribution in [2.75, 3.05) is 40.8 Å². The number of hydrogen-bond acceptors (Lipinski definition) is 3. The molecular formula is C12H27N3. The zero-order valence-corrected chi connectivity index (χ0v) is 10.7. The minimum Gasteiger partial charge on any atom is -0.330 e. The van der Waals surface area contributed by atoms with Gasteiger partial charge in [0.1, 0.15) is 0 Å². The van der Waals surface area contributed by atoms with Crippen molar-refractivity contribution in [2.45, 2.75) is 25.8 Å². The summed E-state index contributed by atoms with van der Waals surface area (Å²) < 4.78 is 0. The Bertz CT molecular complexity index is 178. The van der Waals surface area contributed by atoms with Crippen LogP contribution in [0.5, 0.6) is 0 Å². The molecule has 90 valence electrons. The van der Waals surface area contributed by atoms with Crippen LogP contribution in [-0.4, -0.2) is 56.6 Å². The summed E-state index contributed by atoms with van der Waals surface area (Å²) in [5.74, 6) is 1.45. The van der Waals surface area contributed by atoms with E-state index >= 15 is 0 Å². The van der Waals surface area contributed by atoms with Gasteiger partial charge in [-0.25, -0.2) is 0 Å². The SMILES string of the molecule is CCC(CN)C(C1CCN(C)C1)N(C)C. The van der Waals surface area contributed by atoms with Gasteiger partial charge in [0.05, 0.1) is 0 Å². The Morgan fingerprint density at radius 2 is 2.13 bits per heavy atom. The molecule has 0 aromatic carbocycles. The second-order valence-corrected chi connectivity index (χ2v) is 5.17. The Hall–Kier alpha value is -0.120. The van der Waals surface area contributed by atoms with Gasteiger partial charge in [-0.15, -0.1) is 0 Å². The smallest absolute Gasteiger partial charge is 0.0170 e. The maximum atomic E-state index is 5.88. The van der Waals surface area contributed by atoms with Gasteiger partial charge >= 0.3 is 0 Å². The first-order valence-electron chi connectivity index (χ1n) is 6.15. The number of nitrogens with two attached hydrogens (primary N) is 1. The van der Waals surface area contributed by atoms with Crippen molar-refractivity contribution in [3.63, 3.8) is 0 Å².